The second kappa shape index (κ2) is 7.87. The Morgan fingerprint density at radius 2 is 2.20 bits per heavy atom. The lowest BCUT2D eigenvalue weighted by atomic mass is 10.0. The molecular formula is C15H22N2O3. The summed E-state index contributed by atoms with van der Waals surface area (Å²) in [5.41, 5.74) is 0.980. The molecule has 1 heterocycles. The Bertz CT molecular complexity index is 411. The number of hydrogen-bond acceptors (Lipinski definition) is 4. The van der Waals surface area contributed by atoms with Gasteiger partial charge in [-0.05, 0) is 30.9 Å². The van der Waals surface area contributed by atoms with Crippen molar-refractivity contribution >= 4 is 6.09 Å². The van der Waals surface area contributed by atoms with E-state index in [0.29, 0.717) is 25.1 Å². The van der Waals surface area contributed by atoms with Gasteiger partial charge in [-0.2, -0.15) is 0 Å². The van der Waals surface area contributed by atoms with Gasteiger partial charge in [0.05, 0.1) is 0 Å². The number of hydrogen-bond donors (Lipinski definition) is 3. The molecule has 1 amide bonds. The Morgan fingerprint density at radius 3 is 2.95 bits per heavy atom. The number of nitrogens with one attached hydrogen (secondary N) is 2. The third-order valence-corrected chi connectivity index (χ3v) is 3.54. The van der Waals surface area contributed by atoms with Gasteiger partial charge in [-0.1, -0.05) is 30.3 Å². The van der Waals surface area contributed by atoms with Crippen LogP contribution in [0.4, 0.5) is 4.79 Å². The molecule has 2 atom stereocenters. The number of alkyl carbamates (subject to hydrolysis) is 1. The monoisotopic (exact) mass is 278 g/mol. The van der Waals surface area contributed by atoms with E-state index >= 15 is 0 Å². The normalized spacial score (nSPS) is 21.6. The molecule has 3 N–H and O–H groups in total. The first-order valence-electron chi connectivity index (χ1n) is 7.06. The fraction of sp³-hybridized carbons (Fsp3) is 0.533. The zero-order valence-electron chi connectivity index (χ0n) is 11.5. The summed E-state index contributed by atoms with van der Waals surface area (Å²) in [6, 6.07) is 9.98. The van der Waals surface area contributed by atoms with Crippen LogP contribution in [-0.4, -0.2) is 36.9 Å². The number of carbonyl (C=O) groups excluding carboxylic acids is 1. The topological polar surface area (TPSA) is 70.6 Å². The largest absolute Gasteiger partial charge is 0.445 e. The Hall–Kier alpha value is -1.59. The van der Waals surface area contributed by atoms with Crippen LogP contribution in [0.25, 0.3) is 0 Å². The highest BCUT2D eigenvalue weighted by Crippen LogP contribution is 2.15. The molecule has 5 nitrogen and oxygen atoms in total. The molecule has 0 aliphatic carbocycles. The summed E-state index contributed by atoms with van der Waals surface area (Å²) in [5.74, 6) is 0.413. The summed E-state index contributed by atoms with van der Waals surface area (Å²) < 4.78 is 5.15. The van der Waals surface area contributed by atoms with E-state index in [0.717, 1.165) is 24.9 Å². The Kier molecular flexibility index (Phi) is 5.83. The standard InChI is InChI=1S/C15H22N2O3/c18-7-6-14-8-13(9-16-14)10-17-15(19)20-11-12-4-2-1-3-5-12/h1-5,13-14,16,18H,6-11H2,(H,17,19)/t13-,14+/m0/s1. The number of amides is 1. The van der Waals surface area contributed by atoms with Crippen molar-refractivity contribution in [3.8, 4) is 0 Å². The average molecular weight is 278 g/mol. The van der Waals surface area contributed by atoms with E-state index in [2.05, 4.69) is 10.6 Å². The summed E-state index contributed by atoms with van der Waals surface area (Å²) in [5, 5.41) is 15.0. The van der Waals surface area contributed by atoms with Crippen LogP contribution in [0.15, 0.2) is 30.3 Å². The molecule has 1 saturated heterocycles. The SMILES string of the molecule is O=C(NC[C@@H]1CN[C@H](CCO)C1)OCc1ccccc1. The molecular weight excluding hydrogens is 256 g/mol. The van der Waals surface area contributed by atoms with Crippen molar-refractivity contribution in [2.24, 2.45) is 5.92 Å². The molecule has 1 aliphatic heterocycles. The molecule has 1 fully saturated rings. The molecule has 2 rings (SSSR count). The minimum Gasteiger partial charge on any atom is -0.445 e. The maximum atomic E-state index is 11.6. The first-order valence-corrected chi connectivity index (χ1v) is 7.06. The maximum Gasteiger partial charge on any atom is 0.407 e. The van der Waals surface area contributed by atoms with Gasteiger partial charge >= 0.3 is 6.09 Å². The third kappa shape index (κ3) is 4.83. The van der Waals surface area contributed by atoms with Crippen LogP contribution >= 0.6 is 0 Å². The zero-order chi connectivity index (χ0) is 14.2. The number of rotatable bonds is 6. The average Bonchev–Trinajstić information content (AvgIpc) is 2.92. The lowest BCUT2D eigenvalue weighted by Gasteiger charge is -2.11. The number of ether oxygens (including phenoxy) is 1. The highest BCUT2D eigenvalue weighted by molar-refractivity contribution is 5.67. The molecule has 5 heteroatoms. The number of aliphatic hydroxyl groups is 1. The Morgan fingerprint density at radius 1 is 1.40 bits per heavy atom. The molecule has 20 heavy (non-hydrogen) atoms. The predicted molar refractivity (Wildman–Crippen MR) is 76.2 cm³/mol. The maximum absolute atomic E-state index is 11.6. The Labute approximate surface area is 119 Å². The summed E-state index contributed by atoms with van der Waals surface area (Å²) in [4.78, 5) is 11.6. The van der Waals surface area contributed by atoms with Crippen LogP contribution in [0.2, 0.25) is 0 Å². The zero-order valence-corrected chi connectivity index (χ0v) is 11.5. The van der Waals surface area contributed by atoms with Gasteiger partial charge < -0.3 is 20.5 Å². The molecule has 0 radical (unpaired) electrons. The van der Waals surface area contributed by atoms with Gasteiger partial charge in [-0.3, -0.25) is 0 Å². The third-order valence-electron chi connectivity index (χ3n) is 3.54. The van der Waals surface area contributed by atoms with E-state index < -0.39 is 0 Å². The van der Waals surface area contributed by atoms with E-state index in [9.17, 15) is 4.79 Å². The fourth-order valence-electron chi connectivity index (χ4n) is 2.44. The molecule has 110 valence electrons. The highest BCUT2D eigenvalue weighted by atomic mass is 16.5. The molecule has 1 aliphatic rings. The van der Waals surface area contributed by atoms with Crippen molar-refractivity contribution < 1.29 is 14.6 Å². The summed E-state index contributed by atoms with van der Waals surface area (Å²) in [7, 11) is 0. The number of benzene rings is 1. The van der Waals surface area contributed by atoms with E-state index in [4.69, 9.17) is 9.84 Å². The van der Waals surface area contributed by atoms with Crippen molar-refractivity contribution in [1.82, 2.24) is 10.6 Å². The van der Waals surface area contributed by atoms with E-state index in [-0.39, 0.29) is 12.7 Å². The van der Waals surface area contributed by atoms with Crippen LogP contribution in [-0.2, 0) is 11.3 Å². The number of aliphatic hydroxyl groups excluding tert-OH is 1. The minimum atomic E-state index is -0.375. The second-order valence-corrected chi connectivity index (χ2v) is 5.16. The van der Waals surface area contributed by atoms with Gasteiger partial charge in [0.2, 0.25) is 0 Å². The van der Waals surface area contributed by atoms with E-state index in [1.165, 1.54) is 0 Å². The van der Waals surface area contributed by atoms with Crippen molar-refractivity contribution in [2.45, 2.75) is 25.5 Å². The van der Waals surface area contributed by atoms with Crippen LogP contribution in [0.3, 0.4) is 0 Å². The second-order valence-electron chi connectivity index (χ2n) is 5.16. The summed E-state index contributed by atoms with van der Waals surface area (Å²) in [6.07, 6.45) is 1.38. The smallest absolute Gasteiger partial charge is 0.407 e. The van der Waals surface area contributed by atoms with Crippen molar-refractivity contribution in [3.63, 3.8) is 0 Å². The van der Waals surface area contributed by atoms with Crippen LogP contribution in [0.1, 0.15) is 18.4 Å². The predicted octanol–water partition coefficient (Wildman–Crippen LogP) is 1.27. The quantitative estimate of drug-likeness (QED) is 0.733. The lowest BCUT2D eigenvalue weighted by Crippen LogP contribution is -2.30. The molecule has 0 saturated carbocycles. The molecule has 1 aromatic carbocycles. The highest BCUT2D eigenvalue weighted by Gasteiger charge is 2.23. The van der Waals surface area contributed by atoms with Crippen LogP contribution < -0.4 is 10.6 Å². The van der Waals surface area contributed by atoms with Gasteiger partial charge in [-0.25, -0.2) is 4.79 Å². The molecule has 0 spiro atoms. The fourth-order valence-corrected chi connectivity index (χ4v) is 2.44. The molecule has 0 aromatic heterocycles. The lowest BCUT2D eigenvalue weighted by molar-refractivity contribution is 0.138. The summed E-state index contributed by atoms with van der Waals surface area (Å²) in [6.45, 7) is 1.99. The van der Waals surface area contributed by atoms with Gasteiger partial charge in [0, 0.05) is 19.2 Å². The summed E-state index contributed by atoms with van der Waals surface area (Å²) >= 11 is 0. The van der Waals surface area contributed by atoms with Crippen LogP contribution in [0.5, 0.6) is 0 Å². The van der Waals surface area contributed by atoms with Gasteiger partial charge in [0.15, 0.2) is 0 Å². The van der Waals surface area contributed by atoms with Crippen molar-refractivity contribution in [1.29, 1.82) is 0 Å². The first-order chi connectivity index (χ1) is 9.78. The Balaban J connectivity index is 1.61. The molecule has 1 aromatic rings. The van der Waals surface area contributed by atoms with E-state index in [1.54, 1.807) is 0 Å². The van der Waals surface area contributed by atoms with Gasteiger partial charge in [-0.15, -0.1) is 0 Å². The molecule has 0 bridgehead atoms. The van der Waals surface area contributed by atoms with Gasteiger partial charge in [0.25, 0.3) is 0 Å². The minimum absolute atomic E-state index is 0.205. The van der Waals surface area contributed by atoms with E-state index in [1.807, 2.05) is 30.3 Å². The van der Waals surface area contributed by atoms with Crippen molar-refractivity contribution in [3.05, 3.63) is 35.9 Å². The molecule has 0 unspecified atom stereocenters. The number of carbonyl (C=O) groups is 1. The van der Waals surface area contributed by atoms with Crippen LogP contribution in [0, 0.1) is 5.92 Å². The van der Waals surface area contributed by atoms with Gasteiger partial charge in [0.1, 0.15) is 6.61 Å². The first kappa shape index (κ1) is 14.8. The van der Waals surface area contributed by atoms with Crippen molar-refractivity contribution in [2.75, 3.05) is 19.7 Å².